The van der Waals surface area contributed by atoms with Crippen LogP contribution in [-0.4, -0.2) is 23.2 Å². The first-order chi connectivity index (χ1) is 5.16. The molecule has 0 bridgehead atoms. The summed E-state index contributed by atoms with van der Waals surface area (Å²) in [6, 6.07) is 0. The average molecular weight is 161 g/mol. The quantitative estimate of drug-likeness (QED) is 0.601. The van der Waals surface area contributed by atoms with Gasteiger partial charge in [0, 0.05) is 7.85 Å². The van der Waals surface area contributed by atoms with Crippen molar-refractivity contribution in [3.63, 3.8) is 0 Å². The lowest BCUT2D eigenvalue weighted by Gasteiger charge is -2.19. The van der Waals surface area contributed by atoms with Crippen LogP contribution in [-0.2, 0) is 4.79 Å². The predicted molar refractivity (Wildman–Crippen MR) is 46.3 cm³/mol. The topological polar surface area (TPSA) is 49.3 Å². The van der Waals surface area contributed by atoms with E-state index in [4.69, 9.17) is 5.11 Å². The van der Waals surface area contributed by atoms with Crippen molar-refractivity contribution >= 4 is 5.91 Å². The molecule has 3 heteroatoms. The van der Waals surface area contributed by atoms with E-state index in [2.05, 4.69) is 5.32 Å². The van der Waals surface area contributed by atoms with Crippen LogP contribution in [0.5, 0.6) is 0 Å². The van der Waals surface area contributed by atoms with Gasteiger partial charge in [0.2, 0.25) is 5.91 Å². The molecule has 1 fully saturated rings. The fraction of sp³-hybridized carbons (Fsp3) is 0.875. The molecule has 1 heterocycles. The molecule has 0 aromatic rings. The van der Waals surface area contributed by atoms with Gasteiger partial charge < -0.3 is 10.4 Å². The number of aliphatic hydroxyl groups excluding tert-OH is 1. The molecule has 68 valence electrons. The van der Waals surface area contributed by atoms with Gasteiger partial charge in [0.15, 0.2) is 0 Å². The van der Waals surface area contributed by atoms with Crippen molar-refractivity contribution in [3.05, 3.63) is 0 Å². The first-order valence-corrected chi connectivity index (χ1v) is 4.08. The zero-order chi connectivity index (χ0) is 8.91. The normalized spacial score (nSPS) is 28.9. The van der Waals surface area contributed by atoms with E-state index in [1.807, 2.05) is 20.8 Å². The largest absolute Gasteiger partial charge is 0.394 e. The lowest BCUT2D eigenvalue weighted by Crippen LogP contribution is -2.41. The molecular formula is C8H19NO2. The molecule has 0 unspecified atom stereocenters. The Morgan fingerprint density at radius 2 is 2.27 bits per heavy atom. The molecule has 11 heavy (non-hydrogen) atoms. The van der Waals surface area contributed by atoms with Crippen LogP contribution >= 0.6 is 0 Å². The maximum atomic E-state index is 10.6. The minimum absolute atomic E-state index is 0. The van der Waals surface area contributed by atoms with Crippen molar-refractivity contribution in [2.24, 2.45) is 0 Å². The van der Waals surface area contributed by atoms with E-state index in [0.717, 1.165) is 6.42 Å². The van der Waals surface area contributed by atoms with E-state index in [9.17, 15) is 4.79 Å². The number of aliphatic hydroxyl groups is 1. The number of amides is 1. The molecule has 0 saturated carbocycles. The molecule has 0 aliphatic carbocycles. The van der Waals surface area contributed by atoms with Gasteiger partial charge in [-0.15, -0.1) is 0 Å². The highest BCUT2D eigenvalue weighted by Crippen LogP contribution is 2.17. The monoisotopic (exact) mass is 161 g/mol. The summed E-state index contributed by atoms with van der Waals surface area (Å²) in [7, 11) is 0. The minimum Gasteiger partial charge on any atom is -0.394 e. The molecule has 1 rings (SSSR count). The van der Waals surface area contributed by atoms with Gasteiger partial charge in [0.05, 0.1) is 12.1 Å². The Labute approximate surface area is 69.3 Å². The molecule has 0 spiro atoms. The van der Waals surface area contributed by atoms with Crippen molar-refractivity contribution in [1.82, 2.24) is 5.32 Å². The molecule has 0 radical (unpaired) electrons. The summed E-state index contributed by atoms with van der Waals surface area (Å²) in [5.41, 5.74) is -0.336. The highest BCUT2D eigenvalue weighted by molar-refractivity contribution is 5.79. The molecular weight excluding hydrogens is 142 g/mol. The summed E-state index contributed by atoms with van der Waals surface area (Å²) in [4.78, 5) is 10.6. The van der Waals surface area contributed by atoms with E-state index < -0.39 is 0 Å². The zero-order valence-corrected chi connectivity index (χ0v) is 7.48. The molecule has 1 saturated heterocycles. The molecule has 1 amide bonds. The lowest BCUT2D eigenvalue weighted by atomic mass is 10.0. The van der Waals surface area contributed by atoms with Crippen LogP contribution in [0, 0.1) is 0 Å². The second-order valence-electron chi connectivity index (χ2n) is 2.77. The maximum absolute atomic E-state index is 10.6. The van der Waals surface area contributed by atoms with Crippen molar-refractivity contribution in [3.8, 4) is 0 Å². The van der Waals surface area contributed by atoms with Crippen molar-refractivity contribution in [2.75, 3.05) is 6.61 Å². The number of hydrogen-bond acceptors (Lipinski definition) is 2. The molecule has 2 N–H and O–H groups in total. The summed E-state index contributed by atoms with van der Waals surface area (Å²) in [6.45, 7) is 5.89. The van der Waals surface area contributed by atoms with Crippen LogP contribution in [0.15, 0.2) is 0 Å². The number of hydrogen-bond donors (Lipinski definition) is 2. The molecule has 0 aromatic carbocycles. The smallest absolute Gasteiger partial charge is 0.220 e. The fourth-order valence-corrected chi connectivity index (χ4v) is 0.970. The Balaban J connectivity index is 0. The minimum atomic E-state index is -0.336. The second kappa shape index (κ2) is 4.34. The summed E-state index contributed by atoms with van der Waals surface area (Å²) in [5, 5.41) is 11.4. The Kier molecular flexibility index (Phi) is 4.11. The van der Waals surface area contributed by atoms with Gasteiger partial charge in [0.25, 0.3) is 0 Å². The van der Waals surface area contributed by atoms with Gasteiger partial charge >= 0.3 is 0 Å². The lowest BCUT2D eigenvalue weighted by molar-refractivity contribution is -0.119. The third-order valence-corrected chi connectivity index (χ3v) is 1.69. The van der Waals surface area contributed by atoms with Gasteiger partial charge in [-0.05, 0) is 13.3 Å². The van der Waals surface area contributed by atoms with Gasteiger partial charge in [-0.3, -0.25) is 4.79 Å². The van der Waals surface area contributed by atoms with Crippen LogP contribution in [0.2, 0.25) is 0 Å². The summed E-state index contributed by atoms with van der Waals surface area (Å²) in [6.07, 6.45) is 1.30. The van der Waals surface area contributed by atoms with Crippen LogP contribution < -0.4 is 5.32 Å². The third-order valence-electron chi connectivity index (χ3n) is 1.69. The molecule has 3 nitrogen and oxygen atoms in total. The zero-order valence-electron chi connectivity index (χ0n) is 7.48. The number of nitrogens with one attached hydrogen (secondary N) is 1. The van der Waals surface area contributed by atoms with Crippen LogP contribution in [0.25, 0.3) is 0 Å². The number of carbonyl (C=O) groups excluding carboxylic acids is 1. The molecule has 0 aromatic heterocycles. The first-order valence-electron chi connectivity index (χ1n) is 4.08. The Bertz CT molecular complexity index is 141. The third kappa shape index (κ3) is 2.89. The standard InChI is InChI=1S/C6H11NO2.C2H6.H2/c1-6(4-8)3-2-5(9)7-6;1-2;/h8H,2-4H2,1H3,(H,7,9);1-2H3;1H/t6-;;/m0../s1. The van der Waals surface area contributed by atoms with Crippen LogP contribution in [0.3, 0.4) is 0 Å². The van der Waals surface area contributed by atoms with Crippen LogP contribution in [0.4, 0.5) is 0 Å². The van der Waals surface area contributed by atoms with E-state index >= 15 is 0 Å². The van der Waals surface area contributed by atoms with Gasteiger partial charge in [-0.1, -0.05) is 13.8 Å². The Hall–Kier alpha value is -0.570. The van der Waals surface area contributed by atoms with Gasteiger partial charge in [-0.25, -0.2) is 0 Å². The fourth-order valence-electron chi connectivity index (χ4n) is 0.970. The summed E-state index contributed by atoms with van der Waals surface area (Å²) >= 11 is 0. The van der Waals surface area contributed by atoms with Crippen LogP contribution in [0.1, 0.15) is 35.0 Å². The van der Waals surface area contributed by atoms with Crippen molar-refractivity contribution in [1.29, 1.82) is 0 Å². The highest BCUT2D eigenvalue weighted by atomic mass is 16.3. The Morgan fingerprint density at radius 1 is 1.73 bits per heavy atom. The van der Waals surface area contributed by atoms with E-state index in [0.29, 0.717) is 6.42 Å². The number of carbonyl (C=O) groups is 1. The summed E-state index contributed by atoms with van der Waals surface area (Å²) in [5.74, 6) is 0.0477. The predicted octanol–water partition coefficient (Wildman–Crippen LogP) is 0.920. The Morgan fingerprint density at radius 3 is 2.45 bits per heavy atom. The van der Waals surface area contributed by atoms with Crippen molar-refractivity contribution in [2.45, 2.75) is 39.2 Å². The van der Waals surface area contributed by atoms with E-state index in [-0.39, 0.29) is 19.5 Å². The first kappa shape index (κ1) is 10.4. The SMILES string of the molecule is CC.C[C@@]1(CO)CCC(=O)N1.[HH]. The highest BCUT2D eigenvalue weighted by Gasteiger charge is 2.31. The summed E-state index contributed by atoms with van der Waals surface area (Å²) < 4.78 is 0. The van der Waals surface area contributed by atoms with E-state index in [1.54, 1.807) is 0 Å². The average Bonchev–Trinajstić information content (AvgIpc) is 2.37. The van der Waals surface area contributed by atoms with Gasteiger partial charge in [0.1, 0.15) is 0 Å². The second-order valence-corrected chi connectivity index (χ2v) is 2.77. The molecule has 1 aliphatic rings. The van der Waals surface area contributed by atoms with E-state index in [1.165, 1.54) is 0 Å². The maximum Gasteiger partial charge on any atom is 0.220 e. The molecule has 1 atom stereocenters. The van der Waals surface area contributed by atoms with Gasteiger partial charge in [-0.2, -0.15) is 0 Å². The van der Waals surface area contributed by atoms with Crippen molar-refractivity contribution < 1.29 is 11.3 Å². The molecule has 1 aliphatic heterocycles. The number of rotatable bonds is 1.